The number of ketones is 1. The van der Waals surface area contributed by atoms with Gasteiger partial charge in [0.25, 0.3) is 0 Å². The maximum atomic E-state index is 12.1. The van der Waals surface area contributed by atoms with Gasteiger partial charge in [-0.1, -0.05) is 48.5 Å². The van der Waals surface area contributed by atoms with Crippen molar-refractivity contribution in [2.75, 3.05) is 0 Å². The van der Waals surface area contributed by atoms with Crippen molar-refractivity contribution in [1.82, 2.24) is 4.98 Å². The summed E-state index contributed by atoms with van der Waals surface area (Å²) in [6.45, 7) is 5.57. The molecule has 0 saturated heterocycles. The Kier molecular flexibility index (Phi) is 3.30. The second kappa shape index (κ2) is 5.13. The lowest BCUT2D eigenvalue weighted by Crippen LogP contribution is -2.04. The van der Waals surface area contributed by atoms with Crippen LogP contribution in [0, 0.1) is 13.8 Å². The third-order valence-corrected chi connectivity index (χ3v) is 3.81. The number of hydrogen-bond donors (Lipinski definition) is 0. The molecule has 0 N–H and O–H groups in total. The molecule has 0 aliphatic rings. The van der Waals surface area contributed by atoms with Gasteiger partial charge in [0, 0.05) is 22.2 Å². The number of para-hydroxylation sites is 1. The number of rotatable bonds is 2. The van der Waals surface area contributed by atoms with Crippen LogP contribution < -0.4 is 0 Å². The molecule has 2 nitrogen and oxygen atoms in total. The van der Waals surface area contributed by atoms with E-state index in [9.17, 15) is 4.79 Å². The number of carbonyl (C=O) groups excluding carboxylic acids is 1. The van der Waals surface area contributed by atoms with Gasteiger partial charge in [0.05, 0.1) is 5.52 Å². The van der Waals surface area contributed by atoms with Crippen LogP contribution >= 0.6 is 0 Å². The molecule has 3 rings (SSSR count). The van der Waals surface area contributed by atoms with Gasteiger partial charge in [-0.05, 0) is 31.9 Å². The van der Waals surface area contributed by atoms with Crippen LogP contribution in [-0.4, -0.2) is 10.8 Å². The highest BCUT2D eigenvalue weighted by atomic mass is 16.1. The van der Waals surface area contributed by atoms with Crippen molar-refractivity contribution in [1.29, 1.82) is 0 Å². The SMILES string of the molecule is CC(=O)c1c(C)nc2c(C)cccc2c1-c1ccccc1. The largest absolute Gasteiger partial charge is 0.294 e. The predicted molar refractivity (Wildman–Crippen MR) is 86.7 cm³/mol. The number of benzene rings is 2. The Labute approximate surface area is 124 Å². The molecule has 21 heavy (non-hydrogen) atoms. The van der Waals surface area contributed by atoms with E-state index in [2.05, 4.69) is 18.0 Å². The molecule has 0 unspecified atom stereocenters. The molecule has 1 aromatic heterocycles. The first kappa shape index (κ1) is 13.5. The molecule has 3 aromatic rings. The predicted octanol–water partition coefficient (Wildman–Crippen LogP) is 4.72. The van der Waals surface area contributed by atoms with Gasteiger partial charge >= 0.3 is 0 Å². The average Bonchev–Trinajstić information content (AvgIpc) is 2.47. The van der Waals surface area contributed by atoms with E-state index in [4.69, 9.17) is 0 Å². The minimum Gasteiger partial charge on any atom is -0.294 e. The molecule has 1 heterocycles. The van der Waals surface area contributed by atoms with Gasteiger partial charge in [-0.25, -0.2) is 0 Å². The van der Waals surface area contributed by atoms with Crippen molar-refractivity contribution < 1.29 is 4.79 Å². The summed E-state index contributed by atoms with van der Waals surface area (Å²) in [5, 5.41) is 1.04. The Morgan fingerprint density at radius 1 is 0.952 bits per heavy atom. The van der Waals surface area contributed by atoms with Crippen molar-refractivity contribution >= 4 is 16.7 Å². The first-order chi connectivity index (χ1) is 10.1. The van der Waals surface area contributed by atoms with E-state index in [1.807, 2.05) is 49.4 Å². The van der Waals surface area contributed by atoms with Crippen molar-refractivity contribution in [2.45, 2.75) is 20.8 Å². The molecule has 0 spiro atoms. The molecule has 104 valence electrons. The Morgan fingerprint density at radius 3 is 2.33 bits per heavy atom. The average molecular weight is 275 g/mol. The first-order valence-electron chi connectivity index (χ1n) is 7.06. The van der Waals surface area contributed by atoms with Crippen molar-refractivity contribution in [3.8, 4) is 11.1 Å². The molecule has 2 heteroatoms. The summed E-state index contributed by atoms with van der Waals surface area (Å²) >= 11 is 0. The lowest BCUT2D eigenvalue weighted by molar-refractivity contribution is 0.101. The monoisotopic (exact) mass is 275 g/mol. The Hall–Kier alpha value is -2.48. The lowest BCUT2D eigenvalue weighted by Gasteiger charge is -2.15. The van der Waals surface area contributed by atoms with Crippen molar-refractivity contribution in [2.24, 2.45) is 0 Å². The van der Waals surface area contributed by atoms with E-state index in [0.717, 1.165) is 38.9 Å². The number of aryl methyl sites for hydroxylation is 2. The number of aromatic nitrogens is 1. The maximum Gasteiger partial charge on any atom is 0.162 e. The quantitative estimate of drug-likeness (QED) is 0.633. The van der Waals surface area contributed by atoms with Gasteiger partial charge in [-0.15, -0.1) is 0 Å². The number of hydrogen-bond acceptors (Lipinski definition) is 2. The van der Waals surface area contributed by atoms with Gasteiger partial charge in [-0.3, -0.25) is 9.78 Å². The molecular formula is C19H17NO. The van der Waals surface area contributed by atoms with E-state index < -0.39 is 0 Å². The highest BCUT2D eigenvalue weighted by Gasteiger charge is 2.18. The first-order valence-corrected chi connectivity index (χ1v) is 7.06. The molecule has 0 saturated carbocycles. The van der Waals surface area contributed by atoms with Gasteiger partial charge in [0.1, 0.15) is 0 Å². The summed E-state index contributed by atoms with van der Waals surface area (Å²) in [4.78, 5) is 16.8. The fourth-order valence-electron chi connectivity index (χ4n) is 2.88. The maximum absolute atomic E-state index is 12.1. The minimum atomic E-state index is 0.0576. The van der Waals surface area contributed by atoms with Crippen LogP contribution in [0.3, 0.4) is 0 Å². The molecule has 0 atom stereocenters. The van der Waals surface area contributed by atoms with Crippen LogP contribution in [0.15, 0.2) is 48.5 Å². The van der Waals surface area contributed by atoms with E-state index in [1.165, 1.54) is 0 Å². The summed E-state index contributed by atoms with van der Waals surface area (Å²) in [5.74, 6) is 0.0576. The second-order valence-electron chi connectivity index (χ2n) is 5.34. The van der Waals surface area contributed by atoms with Gasteiger partial charge in [-0.2, -0.15) is 0 Å². The minimum absolute atomic E-state index is 0.0576. The molecule has 2 aromatic carbocycles. The summed E-state index contributed by atoms with van der Waals surface area (Å²) < 4.78 is 0. The van der Waals surface area contributed by atoms with Gasteiger partial charge < -0.3 is 0 Å². The molecule has 0 radical (unpaired) electrons. The van der Waals surface area contributed by atoms with Gasteiger partial charge in [0.2, 0.25) is 0 Å². The van der Waals surface area contributed by atoms with Crippen LogP contribution in [0.4, 0.5) is 0 Å². The van der Waals surface area contributed by atoms with Crippen LogP contribution in [0.2, 0.25) is 0 Å². The number of carbonyl (C=O) groups is 1. The van der Waals surface area contributed by atoms with E-state index in [-0.39, 0.29) is 5.78 Å². The molecule has 0 fully saturated rings. The van der Waals surface area contributed by atoms with E-state index in [0.29, 0.717) is 0 Å². The van der Waals surface area contributed by atoms with Crippen LogP contribution in [-0.2, 0) is 0 Å². The zero-order chi connectivity index (χ0) is 15.0. The van der Waals surface area contributed by atoms with E-state index >= 15 is 0 Å². The highest BCUT2D eigenvalue weighted by Crippen LogP contribution is 2.34. The van der Waals surface area contributed by atoms with Crippen molar-refractivity contribution in [3.63, 3.8) is 0 Å². The number of fused-ring (bicyclic) bond motifs is 1. The molecule has 0 bridgehead atoms. The standard InChI is InChI=1S/C19H17NO/c1-12-8-7-11-16-18(15-9-5-4-6-10-15)17(14(3)21)13(2)20-19(12)16/h4-11H,1-3H3. The van der Waals surface area contributed by atoms with Crippen LogP contribution in [0.1, 0.15) is 28.5 Å². The Bertz CT molecular complexity index is 835. The smallest absolute Gasteiger partial charge is 0.162 e. The summed E-state index contributed by atoms with van der Waals surface area (Å²) in [6.07, 6.45) is 0. The Morgan fingerprint density at radius 2 is 1.67 bits per heavy atom. The number of nitrogens with zero attached hydrogens (tertiary/aromatic N) is 1. The van der Waals surface area contributed by atoms with Crippen LogP contribution in [0.5, 0.6) is 0 Å². The normalized spacial score (nSPS) is 10.8. The zero-order valence-electron chi connectivity index (χ0n) is 12.5. The zero-order valence-corrected chi connectivity index (χ0v) is 12.5. The second-order valence-corrected chi connectivity index (χ2v) is 5.34. The molecule has 0 aliphatic carbocycles. The third-order valence-electron chi connectivity index (χ3n) is 3.81. The topological polar surface area (TPSA) is 30.0 Å². The highest BCUT2D eigenvalue weighted by molar-refractivity contribution is 6.10. The summed E-state index contributed by atoms with van der Waals surface area (Å²) in [6, 6.07) is 16.2. The lowest BCUT2D eigenvalue weighted by atomic mass is 9.92. The third kappa shape index (κ3) is 2.23. The summed E-state index contributed by atoms with van der Waals surface area (Å²) in [7, 11) is 0. The molecule has 0 aliphatic heterocycles. The van der Waals surface area contributed by atoms with E-state index in [1.54, 1.807) is 6.92 Å². The van der Waals surface area contributed by atoms with Crippen LogP contribution in [0.25, 0.3) is 22.0 Å². The van der Waals surface area contributed by atoms with Gasteiger partial charge in [0.15, 0.2) is 5.78 Å². The Balaban J connectivity index is 2.52. The number of pyridine rings is 1. The number of Topliss-reactive ketones (excluding diaryl/α,β-unsaturated/α-hetero) is 1. The molecular weight excluding hydrogens is 258 g/mol. The fraction of sp³-hybridized carbons (Fsp3) is 0.158. The van der Waals surface area contributed by atoms with Crippen molar-refractivity contribution in [3.05, 3.63) is 65.4 Å². The summed E-state index contributed by atoms with van der Waals surface area (Å²) in [5.41, 5.74) is 5.67. The molecule has 0 amide bonds. The fourth-order valence-corrected chi connectivity index (χ4v) is 2.88.